The van der Waals surface area contributed by atoms with Crippen molar-refractivity contribution in [3.63, 3.8) is 0 Å². The van der Waals surface area contributed by atoms with Crippen molar-refractivity contribution in [2.45, 2.75) is 12.6 Å². The number of benzene rings is 1. The van der Waals surface area contributed by atoms with E-state index < -0.39 is 6.10 Å². The SMILES string of the molecule is O[C@H](CN1CCOCC1)Cn1nnc(-c2cccc(Cl)c2)n1. The highest BCUT2D eigenvalue weighted by atomic mass is 35.5. The first-order chi connectivity index (χ1) is 10.7. The Morgan fingerprint density at radius 3 is 2.86 bits per heavy atom. The molecule has 2 aromatic rings. The average molecular weight is 324 g/mol. The summed E-state index contributed by atoms with van der Waals surface area (Å²) in [6.45, 7) is 4.01. The van der Waals surface area contributed by atoms with Crippen LogP contribution in [0.4, 0.5) is 0 Å². The van der Waals surface area contributed by atoms with Gasteiger partial charge in [-0.3, -0.25) is 4.90 Å². The number of ether oxygens (including phenoxy) is 1. The van der Waals surface area contributed by atoms with E-state index in [0.29, 0.717) is 37.2 Å². The van der Waals surface area contributed by atoms with E-state index in [4.69, 9.17) is 16.3 Å². The van der Waals surface area contributed by atoms with Gasteiger partial charge in [0, 0.05) is 30.2 Å². The van der Waals surface area contributed by atoms with Crippen molar-refractivity contribution in [2.75, 3.05) is 32.8 Å². The van der Waals surface area contributed by atoms with Crippen LogP contribution in [0.5, 0.6) is 0 Å². The normalized spacial score (nSPS) is 17.5. The minimum Gasteiger partial charge on any atom is -0.390 e. The van der Waals surface area contributed by atoms with Gasteiger partial charge in [0.1, 0.15) is 0 Å². The van der Waals surface area contributed by atoms with Crippen LogP contribution in [0.1, 0.15) is 0 Å². The van der Waals surface area contributed by atoms with Crippen molar-refractivity contribution in [2.24, 2.45) is 0 Å². The smallest absolute Gasteiger partial charge is 0.204 e. The summed E-state index contributed by atoms with van der Waals surface area (Å²) in [6, 6.07) is 7.29. The van der Waals surface area contributed by atoms with Crippen LogP contribution in [0.2, 0.25) is 5.02 Å². The minimum absolute atomic E-state index is 0.310. The van der Waals surface area contributed by atoms with Crippen LogP contribution in [0, 0.1) is 0 Å². The van der Waals surface area contributed by atoms with Gasteiger partial charge < -0.3 is 9.84 Å². The van der Waals surface area contributed by atoms with Crippen molar-refractivity contribution in [3.05, 3.63) is 29.3 Å². The third-order valence-corrected chi connectivity index (χ3v) is 3.72. The van der Waals surface area contributed by atoms with Crippen LogP contribution >= 0.6 is 11.6 Å². The Labute approximate surface area is 133 Å². The molecule has 7 nitrogen and oxygen atoms in total. The fraction of sp³-hybridized carbons (Fsp3) is 0.500. The third kappa shape index (κ3) is 4.01. The first-order valence-corrected chi connectivity index (χ1v) is 7.60. The fourth-order valence-corrected chi connectivity index (χ4v) is 2.58. The lowest BCUT2D eigenvalue weighted by Crippen LogP contribution is -2.42. The first-order valence-electron chi connectivity index (χ1n) is 7.22. The molecule has 22 heavy (non-hydrogen) atoms. The largest absolute Gasteiger partial charge is 0.390 e. The van der Waals surface area contributed by atoms with Crippen LogP contribution in [0.15, 0.2) is 24.3 Å². The van der Waals surface area contributed by atoms with Gasteiger partial charge in [0.25, 0.3) is 0 Å². The maximum Gasteiger partial charge on any atom is 0.204 e. The zero-order valence-electron chi connectivity index (χ0n) is 12.1. The number of morpholine rings is 1. The lowest BCUT2D eigenvalue weighted by molar-refractivity contribution is 0.00988. The molecule has 1 atom stereocenters. The molecule has 0 bridgehead atoms. The molecule has 0 saturated carbocycles. The summed E-state index contributed by atoms with van der Waals surface area (Å²) in [6.07, 6.45) is -0.542. The summed E-state index contributed by atoms with van der Waals surface area (Å²) in [7, 11) is 0. The third-order valence-electron chi connectivity index (χ3n) is 3.48. The number of hydrogen-bond acceptors (Lipinski definition) is 6. The highest BCUT2D eigenvalue weighted by Gasteiger charge is 2.16. The van der Waals surface area contributed by atoms with Crippen molar-refractivity contribution in [1.29, 1.82) is 0 Å². The molecule has 1 aromatic carbocycles. The van der Waals surface area contributed by atoms with Crippen LogP contribution < -0.4 is 0 Å². The van der Waals surface area contributed by atoms with Gasteiger partial charge in [0.15, 0.2) is 0 Å². The topological polar surface area (TPSA) is 76.3 Å². The molecule has 3 rings (SSSR count). The van der Waals surface area contributed by atoms with E-state index in [0.717, 1.165) is 18.7 Å². The number of aliphatic hydroxyl groups excluding tert-OH is 1. The van der Waals surface area contributed by atoms with Gasteiger partial charge in [-0.05, 0) is 17.3 Å². The molecule has 1 aliphatic heterocycles. The summed E-state index contributed by atoms with van der Waals surface area (Å²) < 4.78 is 5.29. The molecule has 0 unspecified atom stereocenters. The Morgan fingerprint density at radius 2 is 2.09 bits per heavy atom. The molecule has 118 valence electrons. The number of nitrogens with zero attached hydrogens (tertiary/aromatic N) is 5. The molecule has 1 fully saturated rings. The second kappa shape index (κ2) is 7.15. The maximum atomic E-state index is 10.1. The van der Waals surface area contributed by atoms with E-state index in [-0.39, 0.29) is 0 Å². The van der Waals surface area contributed by atoms with E-state index in [1.165, 1.54) is 4.80 Å². The van der Waals surface area contributed by atoms with Crippen LogP contribution in [-0.2, 0) is 11.3 Å². The van der Waals surface area contributed by atoms with Crippen molar-refractivity contribution >= 4 is 11.6 Å². The van der Waals surface area contributed by atoms with Gasteiger partial charge >= 0.3 is 0 Å². The Morgan fingerprint density at radius 1 is 1.27 bits per heavy atom. The van der Waals surface area contributed by atoms with E-state index in [1.807, 2.05) is 12.1 Å². The van der Waals surface area contributed by atoms with E-state index in [1.54, 1.807) is 12.1 Å². The Balaban J connectivity index is 1.59. The highest BCUT2D eigenvalue weighted by molar-refractivity contribution is 6.30. The maximum absolute atomic E-state index is 10.1. The van der Waals surface area contributed by atoms with Gasteiger partial charge in [-0.2, -0.15) is 4.80 Å². The van der Waals surface area contributed by atoms with Gasteiger partial charge in [0.05, 0.1) is 25.9 Å². The van der Waals surface area contributed by atoms with Gasteiger partial charge in [-0.25, -0.2) is 0 Å². The van der Waals surface area contributed by atoms with Crippen molar-refractivity contribution in [3.8, 4) is 11.4 Å². The predicted molar refractivity (Wildman–Crippen MR) is 81.5 cm³/mol. The number of halogens is 1. The monoisotopic (exact) mass is 323 g/mol. The molecule has 0 amide bonds. The first kappa shape index (κ1) is 15.4. The second-order valence-corrected chi connectivity index (χ2v) is 5.68. The molecule has 0 radical (unpaired) electrons. The summed E-state index contributed by atoms with van der Waals surface area (Å²) in [5, 5.41) is 23.1. The van der Waals surface area contributed by atoms with Crippen molar-refractivity contribution < 1.29 is 9.84 Å². The summed E-state index contributed by atoms with van der Waals surface area (Å²) in [4.78, 5) is 3.59. The molecule has 1 aromatic heterocycles. The number of aromatic nitrogens is 4. The predicted octanol–water partition coefficient (Wildman–Crippen LogP) is 0.687. The van der Waals surface area contributed by atoms with Gasteiger partial charge in [-0.1, -0.05) is 23.7 Å². The standard InChI is InChI=1S/C14H18ClN5O2/c15-12-3-1-2-11(8-12)14-16-18-20(17-14)10-13(21)9-19-4-6-22-7-5-19/h1-3,8,13,21H,4-7,9-10H2/t13-/m1/s1. The molecular formula is C14H18ClN5O2. The van der Waals surface area contributed by atoms with E-state index in [2.05, 4.69) is 20.3 Å². The lowest BCUT2D eigenvalue weighted by atomic mass is 10.2. The molecule has 8 heteroatoms. The van der Waals surface area contributed by atoms with Gasteiger partial charge in [-0.15, -0.1) is 10.2 Å². The Bertz CT molecular complexity index is 615. The van der Waals surface area contributed by atoms with Crippen LogP contribution in [-0.4, -0.2) is 69.2 Å². The zero-order chi connectivity index (χ0) is 15.4. The molecular weight excluding hydrogens is 306 g/mol. The zero-order valence-corrected chi connectivity index (χ0v) is 12.9. The summed E-state index contributed by atoms with van der Waals surface area (Å²) in [5.74, 6) is 0.501. The quantitative estimate of drug-likeness (QED) is 0.872. The van der Waals surface area contributed by atoms with Crippen LogP contribution in [0.25, 0.3) is 11.4 Å². The number of tetrazole rings is 1. The molecule has 1 saturated heterocycles. The average Bonchev–Trinajstić information content (AvgIpc) is 2.96. The van der Waals surface area contributed by atoms with E-state index in [9.17, 15) is 5.11 Å². The van der Waals surface area contributed by atoms with E-state index >= 15 is 0 Å². The second-order valence-electron chi connectivity index (χ2n) is 5.25. The summed E-state index contributed by atoms with van der Waals surface area (Å²) in [5.41, 5.74) is 0.807. The highest BCUT2D eigenvalue weighted by Crippen LogP contribution is 2.18. The minimum atomic E-state index is -0.542. The molecule has 1 aliphatic rings. The number of aliphatic hydroxyl groups is 1. The molecule has 0 spiro atoms. The number of β-amino-alcohol motifs (C(OH)–C–C–N with tert-alkyl or cyclic N) is 1. The van der Waals surface area contributed by atoms with Crippen LogP contribution in [0.3, 0.4) is 0 Å². The van der Waals surface area contributed by atoms with Crippen molar-refractivity contribution in [1.82, 2.24) is 25.1 Å². The Kier molecular flexibility index (Phi) is 4.99. The molecule has 2 heterocycles. The number of hydrogen-bond donors (Lipinski definition) is 1. The lowest BCUT2D eigenvalue weighted by Gasteiger charge is -2.28. The van der Waals surface area contributed by atoms with Gasteiger partial charge in [0.2, 0.25) is 5.82 Å². The number of rotatable bonds is 5. The molecule has 1 N–H and O–H groups in total. The molecule has 0 aliphatic carbocycles. The fourth-order valence-electron chi connectivity index (χ4n) is 2.39. The summed E-state index contributed by atoms with van der Waals surface area (Å²) >= 11 is 5.96. The Hall–Kier alpha value is -1.54.